The van der Waals surface area contributed by atoms with E-state index in [4.69, 9.17) is 0 Å². The van der Waals surface area contributed by atoms with Crippen LogP contribution in [0.5, 0.6) is 0 Å². The smallest absolute Gasteiger partial charge is 0.344 e. The fraction of sp³-hybridized carbons (Fsp3) is 0.562. The Morgan fingerprint density at radius 1 is 1.46 bits per heavy atom. The first-order valence-electron chi connectivity index (χ1n) is 8.28. The third-order valence-electron chi connectivity index (χ3n) is 4.90. The molecule has 1 aromatic rings. The molecule has 24 heavy (non-hydrogen) atoms. The fourth-order valence-electron chi connectivity index (χ4n) is 3.29. The number of nitrogens with zero attached hydrogens (tertiary/aromatic N) is 2. The molecule has 0 aromatic carbocycles. The summed E-state index contributed by atoms with van der Waals surface area (Å²) in [5.74, 6) is -0.789. The largest absolute Gasteiger partial charge is 0.364 e. The van der Waals surface area contributed by atoms with E-state index in [1.54, 1.807) is 6.92 Å². The summed E-state index contributed by atoms with van der Waals surface area (Å²) >= 11 is 0. The van der Waals surface area contributed by atoms with Crippen LogP contribution >= 0.6 is 0 Å². The maximum absolute atomic E-state index is 12.3. The second-order valence-electron chi connectivity index (χ2n) is 6.55. The van der Waals surface area contributed by atoms with Gasteiger partial charge >= 0.3 is 6.03 Å². The zero-order valence-electron chi connectivity index (χ0n) is 14.0. The number of carbonyl (C=O) groups excluding carboxylic acids is 3. The number of H-pyrrole nitrogens is 1. The molecule has 8 nitrogen and oxygen atoms in total. The second kappa shape index (κ2) is 6.27. The van der Waals surface area contributed by atoms with Gasteiger partial charge in [0, 0.05) is 11.9 Å². The zero-order chi connectivity index (χ0) is 17.3. The molecule has 2 aliphatic rings. The van der Waals surface area contributed by atoms with Crippen LogP contribution in [0, 0.1) is 0 Å². The van der Waals surface area contributed by atoms with Crippen molar-refractivity contribution in [2.75, 3.05) is 13.1 Å². The molecule has 4 amide bonds. The highest BCUT2D eigenvalue weighted by molar-refractivity contribution is 6.07. The molecule has 3 heterocycles. The van der Waals surface area contributed by atoms with Crippen molar-refractivity contribution in [2.45, 2.75) is 44.7 Å². The van der Waals surface area contributed by atoms with Crippen molar-refractivity contribution in [2.24, 2.45) is 0 Å². The number of aromatic nitrogens is 1. The van der Waals surface area contributed by atoms with Crippen LogP contribution in [-0.4, -0.2) is 51.4 Å². The van der Waals surface area contributed by atoms with Crippen LogP contribution in [0.2, 0.25) is 0 Å². The summed E-state index contributed by atoms with van der Waals surface area (Å²) in [4.78, 5) is 41.8. The lowest BCUT2D eigenvalue weighted by molar-refractivity contribution is -0.139. The molecule has 0 spiro atoms. The van der Waals surface area contributed by atoms with E-state index in [1.165, 1.54) is 0 Å². The van der Waals surface area contributed by atoms with Crippen molar-refractivity contribution in [1.82, 2.24) is 25.6 Å². The van der Waals surface area contributed by atoms with Crippen LogP contribution in [-0.2, 0) is 9.59 Å². The average Bonchev–Trinajstić information content (AvgIpc) is 3.25. The predicted molar refractivity (Wildman–Crippen MR) is 86.6 cm³/mol. The van der Waals surface area contributed by atoms with Gasteiger partial charge in [-0.05, 0) is 44.9 Å². The van der Waals surface area contributed by atoms with E-state index in [-0.39, 0.29) is 18.5 Å². The number of likely N-dealkylation sites (tertiary alicyclic amines) is 1. The molecule has 2 aliphatic heterocycles. The maximum Gasteiger partial charge on any atom is 0.344 e. The number of hydrazine groups is 1. The number of carbonyl (C=O) groups is 3. The number of aromatic amines is 1. The van der Waals surface area contributed by atoms with E-state index >= 15 is 0 Å². The molecule has 0 bridgehead atoms. The van der Waals surface area contributed by atoms with Gasteiger partial charge in [-0.15, -0.1) is 0 Å². The van der Waals surface area contributed by atoms with E-state index in [9.17, 15) is 14.4 Å². The van der Waals surface area contributed by atoms with Crippen LogP contribution in [0.25, 0.3) is 0 Å². The number of urea groups is 1. The van der Waals surface area contributed by atoms with Crippen molar-refractivity contribution >= 4 is 17.8 Å². The van der Waals surface area contributed by atoms with Gasteiger partial charge in [0.05, 0.1) is 12.6 Å². The third kappa shape index (κ3) is 2.89. The summed E-state index contributed by atoms with van der Waals surface area (Å²) in [7, 11) is 0. The monoisotopic (exact) mass is 333 g/mol. The SMILES string of the molecule is CC[C@@]1(C)NC(=O)N(NC(=O)CN2CCC[C@H]2c2ccc[nH]2)C1=O. The Morgan fingerprint density at radius 2 is 2.25 bits per heavy atom. The Kier molecular flexibility index (Phi) is 4.31. The molecule has 0 saturated carbocycles. The normalized spacial score (nSPS) is 27.6. The van der Waals surface area contributed by atoms with E-state index < -0.39 is 17.5 Å². The number of hydrogen-bond donors (Lipinski definition) is 3. The Morgan fingerprint density at radius 3 is 2.88 bits per heavy atom. The molecule has 1 aromatic heterocycles. The van der Waals surface area contributed by atoms with Crippen molar-refractivity contribution < 1.29 is 14.4 Å². The lowest BCUT2D eigenvalue weighted by Crippen LogP contribution is -2.51. The number of imide groups is 1. The van der Waals surface area contributed by atoms with Gasteiger partial charge in [-0.2, -0.15) is 5.01 Å². The van der Waals surface area contributed by atoms with Gasteiger partial charge in [0.1, 0.15) is 5.54 Å². The number of rotatable bonds is 5. The first-order valence-corrected chi connectivity index (χ1v) is 8.28. The van der Waals surface area contributed by atoms with Crippen molar-refractivity contribution in [3.05, 3.63) is 24.0 Å². The lowest BCUT2D eigenvalue weighted by atomic mass is 10.00. The summed E-state index contributed by atoms with van der Waals surface area (Å²) in [6, 6.07) is 3.52. The van der Waals surface area contributed by atoms with E-state index in [0.29, 0.717) is 6.42 Å². The number of amides is 4. The van der Waals surface area contributed by atoms with E-state index in [0.717, 1.165) is 30.1 Å². The quantitative estimate of drug-likeness (QED) is 0.698. The van der Waals surface area contributed by atoms with Crippen molar-refractivity contribution in [1.29, 1.82) is 0 Å². The van der Waals surface area contributed by atoms with Crippen LogP contribution in [0.4, 0.5) is 4.79 Å². The lowest BCUT2D eigenvalue weighted by Gasteiger charge is -2.24. The molecule has 2 atom stereocenters. The summed E-state index contributed by atoms with van der Waals surface area (Å²) in [6.45, 7) is 4.42. The molecule has 2 fully saturated rings. The van der Waals surface area contributed by atoms with Crippen molar-refractivity contribution in [3.63, 3.8) is 0 Å². The molecular formula is C16H23N5O3. The molecule has 3 rings (SSSR count). The van der Waals surface area contributed by atoms with E-state index in [2.05, 4.69) is 20.6 Å². The van der Waals surface area contributed by atoms with Gasteiger partial charge in [-0.1, -0.05) is 6.92 Å². The first kappa shape index (κ1) is 16.5. The Bertz CT molecular complexity index is 644. The predicted octanol–water partition coefficient (Wildman–Crippen LogP) is 0.903. The second-order valence-corrected chi connectivity index (χ2v) is 6.55. The molecule has 0 aliphatic carbocycles. The molecule has 3 N–H and O–H groups in total. The summed E-state index contributed by atoms with van der Waals surface area (Å²) in [6.07, 6.45) is 4.31. The van der Waals surface area contributed by atoms with Crippen LogP contribution in [0.15, 0.2) is 18.3 Å². The average molecular weight is 333 g/mol. The number of hydrogen-bond acceptors (Lipinski definition) is 4. The number of nitrogens with one attached hydrogen (secondary N) is 3. The van der Waals surface area contributed by atoms with Gasteiger partial charge in [0.25, 0.3) is 11.8 Å². The van der Waals surface area contributed by atoms with Crippen LogP contribution < -0.4 is 10.7 Å². The Labute approximate surface area is 140 Å². The minimum atomic E-state index is -0.954. The highest BCUT2D eigenvalue weighted by Crippen LogP contribution is 2.30. The minimum absolute atomic E-state index is 0.142. The summed E-state index contributed by atoms with van der Waals surface area (Å²) in [5.41, 5.74) is 2.57. The van der Waals surface area contributed by atoms with Gasteiger partial charge < -0.3 is 10.3 Å². The summed E-state index contributed by atoms with van der Waals surface area (Å²) < 4.78 is 0. The highest BCUT2D eigenvalue weighted by Gasteiger charge is 2.47. The zero-order valence-corrected chi connectivity index (χ0v) is 14.0. The fourth-order valence-corrected chi connectivity index (χ4v) is 3.29. The molecular weight excluding hydrogens is 310 g/mol. The molecule has 2 saturated heterocycles. The Balaban J connectivity index is 1.62. The third-order valence-corrected chi connectivity index (χ3v) is 4.90. The summed E-state index contributed by atoms with van der Waals surface area (Å²) in [5, 5.41) is 3.41. The minimum Gasteiger partial charge on any atom is -0.364 e. The standard InChI is InChI=1S/C16H23N5O3/c1-3-16(2)14(23)21(15(24)18-16)19-13(22)10-20-9-5-7-12(20)11-6-4-8-17-11/h4,6,8,12,17H,3,5,7,9-10H2,1-2H3,(H,18,24)(H,19,22)/t12-,16+/m0/s1. The Hall–Kier alpha value is -2.35. The highest BCUT2D eigenvalue weighted by atomic mass is 16.2. The topological polar surface area (TPSA) is 97.5 Å². The van der Waals surface area contributed by atoms with Gasteiger partial charge in [0.2, 0.25) is 0 Å². The molecule has 130 valence electrons. The van der Waals surface area contributed by atoms with Crippen LogP contribution in [0.1, 0.15) is 44.8 Å². The van der Waals surface area contributed by atoms with E-state index in [1.807, 2.05) is 25.3 Å². The van der Waals surface area contributed by atoms with Gasteiger partial charge in [0.15, 0.2) is 0 Å². The molecule has 0 unspecified atom stereocenters. The maximum atomic E-state index is 12.3. The first-order chi connectivity index (χ1) is 11.4. The van der Waals surface area contributed by atoms with Gasteiger partial charge in [-0.25, -0.2) is 4.79 Å². The van der Waals surface area contributed by atoms with Crippen LogP contribution in [0.3, 0.4) is 0 Å². The molecule has 8 heteroatoms. The van der Waals surface area contributed by atoms with Gasteiger partial charge in [-0.3, -0.25) is 19.9 Å². The van der Waals surface area contributed by atoms with Crippen molar-refractivity contribution in [3.8, 4) is 0 Å². The molecule has 0 radical (unpaired) electrons.